The molecule has 9 nitrogen and oxygen atoms in total. The fraction of sp³-hybridized carbons (Fsp3) is 0.375. The molecule has 25 heavy (non-hydrogen) atoms. The van der Waals surface area contributed by atoms with E-state index in [9.17, 15) is 24.1 Å². The predicted molar refractivity (Wildman–Crippen MR) is 85.9 cm³/mol. The number of nitroso groups, excluding NO2 is 1. The van der Waals surface area contributed by atoms with Crippen LogP contribution in [0.3, 0.4) is 0 Å². The molecule has 0 bridgehead atoms. The summed E-state index contributed by atoms with van der Waals surface area (Å²) in [5.41, 5.74) is 0.770. The van der Waals surface area contributed by atoms with Crippen molar-refractivity contribution in [2.45, 2.75) is 12.5 Å². The first kappa shape index (κ1) is 18.4. The third-order valence-electron chi connectivity index (χ3n) is 3.72. The van der Waals surface area contributed by atoms with Crippen LogP contribution in [0.15, 0.2) is 41.6 Å². The number of nitrogens with zero attached hydrogens (tertiary/aromatic N) is 3. The quantitative estimate of drug-likeness (QED) is 0.449. The summed E-state index contributed by atoms with van der Waals surface area (Å²) in [7, 11) is 0. The second-order valence-electron chi connectivity index (χ2n) is 5.58. The minimum Gasteiger partial charge on any atom is -0.366 e. The second-order valence-corrected chi connectivity index (χ2v) is 5.58. The van der Waals surface area contributed by atoms with Gasteiger partial charge in [-0.1, -0.05) is 12.7 Å². The van der Waals surface area contributed by atoms with Crippen LogP contribution in [0.4, 0.5) is 0 Å². The number of hydrogen-bond acceptors (Lipinski definition) is 6. The van der Waals surface area contributed by atoms with Gasteiger partial charge in [-0.3, -0.25) is 24.1 Å². The first-order valence-corrected chi connectivity index (χ1v) is 7.57. The highest BCUT2D eigenvalue weighted by atomic mass is 16.5. The number of carbonyl (C=O) groups is 4. The molecular formula is C16H17N3O6. The summed E-state index contributed by atoms with van der Waals surface area (Å²) in [5, 5.41) is 2.24. The lowest BCUT2D eigenvalue weighted by Crippen LogP contribution is -2.41. The van der Waals surface area contributed by atoms with Crippen molar-refractivity contribution in [2.24, 2.45) is 5.18 Å². The standard InChI is InChI=1S/C16H17N3O6/c1-11-2-3-14(21)18(8-11)7-6-12(25-10-13(20)17-24)9-19-15(22)4-5-16(19)23/h2-5,12H,1,6-10H2. The van der Waals surface area contributed by atoms with Gasteiger partial charge in [-0.25, -0.2) is 0 Å². The Bertz CT molecular complexity index is 663. The van der Waals surface area contributed by atoms with Crippen molar-refractivity contribution in [2.75, 3.05) is 26.2 Å². The minimum absolute atomic E-state index is 0.0877. The number of amides is 4. The Morgan fingerprint density at radius 2 is 1.80 bits per heavy atom. The molecule has 0 fully saturated rings. The topological polar surface area (TPSA) is 113 Å². The molecule has 0 saturated carbocycles. The Morgan fingerprint density at radius 3 is 2.44 bits per heavy atom. The van der Waals surface area contributed by atoms with Crippen LogP contribution in [0.1, 0.15) is 6.42 Å². The Hall–Kier alpha value is -2.94. The molecule has 0 aliphatic carbocycles. The average molecular weight is 347 g/mol. The third kappa shape index (κ3) is 5.01. The fourth-order valence-electron chi connectivity index (χ4n) is 2.42. The van der Waals surface area contributed by atoms with Gasteiger partial charge in [0.1, 0.15) is 6.61 Å². The lowest BCUT2D eigenvalue weighted by atomic mass is 10.1. The lowest BCUT2D eigenvalue weighted by Gasteiger charge is -2.28. The molecule has 2 aliphatic heterocycles. The van der Waals surface area contributed by atoms with Crippen LogP contribution in [-0.2, 0) is 23.9 Å². The maximum absolute atomic E-state index is 11.8. The molecule has 9 heteroatoms. The molecule has 1 unspecified atom stereocenters. The summed E-state index contributed by atoms with van der Waals surface area (Å²) in [6, 6.07) is 0. The number of ether oxygens (including phenoxy) is 1. The van der Waals surface area contributed by atoms with Crippen LogP contribution in [-0.4, -0.2) is 65.8 Å². The molecule has 0 N–H and O–H groups in total. The third-order valence-corrected chi connectivity index (χ3v) is 3.72. The molecule has 0 aromatic carbocycles. The molecule has 2 rings (SSSR count). The first-order chi connectivity index (χ1) is 11.9. The van der Waals surface area contributed by atoms with E-state index in [1.165, 1.54) is 11.0 Å². The zero-order valence-corrected chi connectivity index (χ0v) is 13.4. The highest BCUT2D eigenvalue weighted by molar-refractivity contribution is 6.12. The molecular weight excluding hydrogens is 330 g/mol. The van der Waals surface area contributed by atoms with Crippen LogP contribution in [0.25, 0.3) is 0 Å². The summed E-state index contributed by atoms with van der Waals surface area (Å²) in [5.74, 6) is -2.15. The first-order valence-electron chi connectivity index (χ1n) is 7.57. The maximum Gasteiger partial charge on any atom is 0.311 e. The second kappa shape index (κ2) is 8.25. The molecule has 1 atom stereocenters. The summed E-state index contributed by atoms with van der Waals surface area (Å²) < 4.78 is 5.31. The fourth-order valence-corrected chi connectivity index (χ4v) is 2.42. The Morgan fingerprint density at radius 1 is 1.16 bits per heavy atom. The number of imide groups is 1. The van der Waals surface area contributed by atoms with Gasteiger partial charge in [0.25, 0.3) is 11.8 Å². The van der Waals surface area contributed by atoms with E-state index in [4.69, 9.17) is 4.74 Å². The van der Waals surface area contributed by atoms with Gasteiger partial charge in [0.2, 0.25) is 5.91 Å². The van der Waals surface area contributed by atoms with Crippen molar-refractivity contribution >= 4 is 23.6 Å². The summed E-state index contributed by atoms with van der Waals surface area (Å²) in [6.45, 7) is 3.78. The molecule has 2 aliphatic rings. The zero-order chi connectivity index (χ0) is 18.4. The highest BCUT2D eigenvalue weighted by Crippen LogP contribution is 2.13. The molecule has 0 spiro atoms. The van der Waals surface area contributed by atoms with Gasteiger partial charge in [-0.05, 0) is 12.0 Å². The van der Waals surface area contributed by atoms with E-state index in [-0.39, 0.29) is 25.4 Å². The van der Waals surface area contributed by atoms with Crippen molar-refractivity contribution < 1.29 is 23.9 Å². The van der Waals surface area contributed by atoms with Gasteiger partial charge in [0.15, 0.2) is 0 Å². The van der Waals surface area contributed by atoms with Crippen LogP contribution in [0.2, 0.25) is 0 Å². The van der Waals surface area contributed by atoms with Crippen LogP contribution in [0, 0.1) is 4.91 Å². The van der Waals surface area contributed by atoms with E-state index in [1.807, 2.05) is 0 Å². The normalized spacial score (nSPS) is 18.2. The van der Waals surface area contributed by atoms with Crippen molar-refractivity contribution in [3.63, 3.8) is 0 Å². The van der Waals surface area contributed by atoms with Crippen molar-refractivity contribution in [3.8, 4) is 0 Å². The predicted octanol–water partition coefficient (Wildman–Crippen LogP) is -0.0657. The number of carbonyl (C=O) groups excluding carboxylic acids is 4. The van der Waals surface area contributed by atoms with Crippen LogP contribution >= 0.6 is 0 Å². The summed E-state index contributed by atoms with van der Waals surface area (Å²) >= 11 is 0. The van der Waals surface area contributed by atoms with Gasteiger partial charge in [-0.2, -0.15) is 0 Å². The molecule has 0 saturated heterocycles. The molecule has 0 aromatic rings. The maximum atomic E-state index is 11.8. The van der Waals surface area contributed by atoms with E-state index < -0.39 is 30.4 Å². The van der Waals surface area contributed by atoms with Crippen LogP contribution in [0.5, 0.6) is 0 Å². The SMILES string of the molecule is C=C1C=CC(=O)N(CCC(CN2C(=O)C=CC2=O)OCC(=O)N=O)C1. The lowest BCUT2D eigenvalue weighted by molar-refractivity contribution is -0.140. The molecule has 0 radical (unpaired) electrons. The van der Waals surface area contributed by atoms with E-state index in [0.717, 1.165) is 22.6 Å². The Kier molecular flexibility index (Phi) is 6.07. The summed E-state index contributed by atoms with van der Waals surface area (Å²) in [6.07, 6.45) is 4.86. The molecule has 0 aromatic heterocycles. The number of hydrogen-bond donors (Lipinski definition) is 0. The van der Waals surface area contributed by atoms with Gasteiger partial charge >= 0.3 is 5.91 Å². The van der Waals surface area contributed by atoms with E-state index in [2.05, 4.69) is 11.8 Å². The van der Waals surface area contributed by atoms with Crippen molar-refractivity contribution in [1.82, 2.24) is 9.80 Å². The highest BCUT2D eigenvalue weighted by Gasteiger charge is 2.28. The van der Waals surface area contributed by atoms with E-state index >= 15 is 0 Å². The number of rotatable bonds is 8. The van der Waals surface area contributed by atoms with Crippen LogP contribution < -0.4 is 0 Å². The largest absolute Gasteiger partial charge is 0.366 e. The van der Waals surface area contributed by atoms with Crippen molar-refractivity contribution in [1.29, 1.82) is 0 Å². The van der Waals surface area contributed by atoms with Crippen molar-refractivity contribution in [3.05, 3.63) is 41.4 Å². The molecule has 4 amide bonds. The zero-order valence-electron chi connectivity index (χ0n) is 13.4. The molecule has 2 heterocycles. The van der Waals surface area contributed by atoms with Gasteiger partial charge < -0.3 is 9.64 Å². The van der Waals surface area contributed by atoms with E-state index in [0.29, 0.717) is 6.54 Å². The van der Waals surface area contributed by atoms with Gasteiger partial charge in [-0.15, -0.1) is 4.91 Å². The summed E-state index contributed by atoms with van der Waals surface area (Å²) in [4.78, 5) is 58.9. The van der Waals surface area contributed by atoms with Gasteiger partial charge in [0.05, 0.1) is 12.6 Å². The Labute approximate surface area is 143 Å². The smallest absolute Gasteiger partial charge is 0.311 e. The van der Waals surface area contributed by atoms with Gasteiger partial charge in [0, 0.05) is 36.5 Å². The monoisotopic (exact) mass is 347 g/mol. The minimum atomic E-state index is -0.993. The van der Waals surface area contributed by atoms with E-state index in [1.54, 1.807) is 6.08 Å². The molecule has 132 valence electrons. The average Bonchev–Trinajstić information content (AvgIpc) is 2.91. The Balaban J connectivity index is 1.97.